The van der Waals surface area contributed by atoms with Crippen LogP contribution < -0.4 is 0 Å². The van der Waals surface area contributed by atoms with E-state index in [0.717, 1.165) is 6.07 Å². The molecule has 4 nitrogen and oxygen atoms in total. The summed E-state index contributed by atoms with van der Waals surface area (Å²) in [6.07, 6.45) is 0.0790. The molecule has 1 aliphatic heterocycles. The van der Waals surface area contributed by atoms with Gasteiger partial charge in [0.25, 0.3) is 0 Å². The van der Waals surface area contributed by atoms with Gasteiger partial charge in [-0.15, -0.1) is 0 Å². The predicted octanol–water partition coefficient (Wildman–Crippen LogP) is 1.06. The third kappa shape index (κ3) is 2.21. The van der Waals surface area contributed by atoms with E-state index in [1.54, 1.807) is 0 Å². The molecule has 0 atom stereocenters. The van der Waals surface area contributed by atoms with Crippen LogP contribution in [0.4, 0.5) is 4.39 Å². The Hall–Kier alpha value is -0.950. The highest BCUT2D eigenvalue weighted by atomic mass is 32.3. The van der Waals surface area contributed by atoms with Gasteiger partial charge >= 0.3 is 0 Å². The van der Waals surface area contributed by atoms with E-state index >= 15 is 0 Å². The highest BCUT2D eigenvalue weighted by molar-refractivity contribution is 8.09. The van der Waals surface area contributed by atoms with Gasteiger partial charge in [0.2, 0.25) is 0 Å². The molecule has 0 aliphatic carbocycles. The summed E-state index contributed by atoms with van der Waals surface area (Å²) in [5.41, 5.74) is -0.271. The molecule has 1 aromatic rings. The minimum atomic E-state index is -3.83. The van der Waals surface area contributed by atoms with Gasteiger partial charge in [-0.05, 0) is 12.5 Å². The maximum Gasteiger partial charge on any atom is 0.190 e. The maximum atomic E-state index is 13.5. The monoisotopic (exact) mass is 278 g/mol. The molecule has 0 radical (unpaired) electrons. The number of hydrogen-bond donors (Lipinski definition) is 0. The van der Waals surface area contributed by atoms with Crippen LogP contribution in [0.1, 0.15) is 16.6 Å². The fourth-order valence-corrected chi connectivity index (χ4v) is 7.18. The van der Waals surface area contributed by atoms with Gasteiger partial charge in [0.15, 0.2) is 24.3 Å². The SMILES string of the molecule is O=S1(=O)CCCS(=O)(=O)C1c1ccccc1F. The molecule has 0 unspecified atom stereocenters. The van der Waals surface area contributed by atoms with Gasteiger partial charge in [0.1, 0.15) is 5.82 Å². The standard InChI is InChI=1S/C10H11FO4S2/c11-9-5-2-1-4-8(9)10-16(12,13)6-3-7-17(10,14)15/h1-2,4-5,10H,3,6-7H2. The summed E-state index contributed by atoms with van der Waals surface area (Å²) in [6.45, 7) is 0. The van der Waals surface area contributed by atoms with Gasteiger partial charge in [0.05, 0.1) is 11.5 Å². The first-order valence-electron chi connectivity index (χ1n) is 5.02. The Morgan fingerprint density at radius 1 is 1.00 bits per heavy atom. The van der Waals surface area contributed by atoms with E-state index in [2.05, 4.69) is 0 Å². The molecule has 0 aromatic heterocycles. The summed E-state index contributed by atoms with van der Waals surface area (Å²) in [5, 5.41) is 0. The van der Waals surface area contributed by atoms with Crippen molar-refractivity contribution < 1.29 is 21.2 Å². The lowest BCUT2D eigenvalue weighted by atomic mass is 10.2. The molecule has 0 amide bonds. The first-order chi connectivity index (χ1) is 7.84. The lowest BCUT2D eigenvalue weighted by Crippen LogP contribution is -2.33. The molecule has 0 saturated carbocycles. The molecule has 0 spiro atoms. The van der Waals surface area contributed by atoms with Gasteiger partial charge in [-0.1, -0.05) is 18.2 Å². The van der Waals surface area contributed by atoms with E-state index in [9.17, 15) is 21.2 Å². The maximum absolute atomic E-state index is 13.5. The molecule has 1 aromatic carbocycles. The molecule has 1 saturated heterocycles. The van der Waals surface area contributed by atoms with Crippen molar-refractivity contribution in [1.82, 2.24) is 0 Å². The van der Waals surface area contributed by atoms with E-state index in [4.69, 9.17) is 0 Å². The van der Waals surface area contributed by atoms with Crippen molar-refractivity contribution in [2.24, 2.45) is 0 Å². The van der Waals surface area contributed by atoms with Crippen LogP contribution >= 0.6 is 0 Å². The highest BCUT2D eigenvalue weighted by Crippen LogP contribution is 2.35. The molecule has 2 rings (SSSR count). The Kier molecular flexibility index (Phi) is 2.99. The molecule has 1 fully saturated rings. The van der Waals surface area contributed by atoms with Crippen molar-refractivity contribution in [1.29, 1.82) is 0 Å². The van der Waals surface area contributed by atoms with Gasteiger partial charge in [-0.2, -0.15) is 0 Å². The second-order valence-corrected chi connectivity index (χ2v) is 8.65. The van der Waals surface area contributed by atoms with Crippen molar-refractivity contribution in [3.8, 4) is 0 Å². The van der Waals surface area contributed by atoms with Crippen molar-refractivity contribution in [3.05, 3.63) is 35.6 Å². The molecule has 0 bridgehead atoms. The first kappa shape index (κ1) is 12.5. The molecular formula is C10H11FO4S2. The van der Waals surface area contributed by atoms with E-state index in [1.165, 1.54) is 18.2 Å². The van der Waals surface area contributed by atoms with Crippen LogP contribution in [-0.4, -0.2) is 28.3 Å². The summed E-state index contributed by atoms with van der Waals surface area (Å²) in [4.78, 5) is 0. The Bertz CT molecular complexity index is 600. The van der Waals surface area contributed by atoms with Crippen LogP contribution in [0.15, 0.2) is 24.3 Å². The average Bonchev–Trinajstić information content (AvgIpc) is 2.18. The summed E-state index contributed by atoms with van der Waals surface area (Å²) in [6, 6.07) is 5.09. The normalized spacial score (nSPS) is 23.4. The van der Waals surface area contributed by atoms with Gasteiger partial charge in [-0.25, -0.2) is 21.2 Å². The van der Waals surface area contributed by atoms with Crippen molar-refractivity contribution in [2.45, 2.75) is 11.0 Å². The van der Waals surface area contributed by atoms with E-state index in [-0.39, 0.29) is 23.5 Å². The Morgan fingerprint density at radius 3 is 2.06 bits per heavy atom. The number of halogens is 1. The average molecular weight is 278 g/mol. The van der Waals surface area contributed by atoms with Crippen molar-refractivity contribution in [2.75, 3.05) is 11.5 Å². The van der Waals surface area contributed by atoms with Crippen LogP contribution in [0.5, 0.6) is 0 Å². The van der Waals surface area contributed by atoms with E-state index in [0.29, 0.717) is 0 Å². The molecular weight excluding hydrogens is 267 g/mol. The highest BCUT2D eigenvalue weighted by Gasteiger charge is 2.43. The topological polar surface area (TPSA) is 68.3 Å². The van der Waals surface area contributed by atoms with Crippen molar-refractivity contribution >= 4 is 19.7 Å². The number of sulfone groups is 2. The molecule has 17 heavy (non-hydrogen) atoms. The third-order valence-corrected chi connectivity index (χ3v) is 7.96. The fraction of sp³-hybridized carbons (Fsp3) is 0.400. The van der Waals surface area contributed by atoms with Crippen LogP contribution in [0.2, 0.25) is 0 Å². The van der Waals surface area contributed by atoms with E-state index in [1.807, 2.05) is 0 Å². The zero-order valence-electron chi connectivity index (χ0n) is 8.84. The van der Waals surface area contributed by atoms with Crippen LogP contribution in [0.3, 0.4) is 0 Å². The number of benzene rings is 1. The van der Waals surface area contributed by atoms with Gasteiger partial charge in [-0.3, -0.25) is 0 Å². The van der Waals surface area contributed by atoms with Crippen LogP contribution in [-0.2, 0) is 19.7 Å². The van der Waals surface area contributed by atoms with E-state index < -0.39 is 30.1 Å². The largest absolute Gasteiger partial charge is 0.227 e. The summed E-state index contributed by atoms with van der Waals surface area (Å²) in [7, 11) is -7.67. The number of hydrogen-bond acceptors (Lipinski definition) is 4. The third-order valence-electron chi connectivity index (χ3n) is 2.67. The second-order valence-electron chi connectivity index (χ2n) is 3.94. The summed E-state index contributed by atoms with van der Waals surface area (Å²) >= 11 is 0. The zero-order valence-corrected chi connectivity index (χ0v) is 10.5. The molecule has 1 aliphatic rings. The first-order valence-corrected chi connectivity index (χ1v) is 8.45. The minimum absolute atomic E-state index is 0.0790. The van der Waals surface area contributed by atoms with Gasteiger partial charge < -0.3 is 0 Å². The summed E-state index contributed by atoms with van der Waals surface area (Å²) in [5.74, 6) is -1.23. The smallest absolute Gasteiger partial charge is 0.190 e. The fourth-order valence-electron chi connectivity index (χ4n) is 1.95. The Morgan fingerprint density at radius 2 is 1.53 bits per heavy atom. The van der Waals surface area contributed by atoms with Crippen LogP contribution in [0, 0.1) is 5.82 Å². The quantitative estimate of drug-likeness (QED) is 0.770. The minimum Gasteiger partial charge on any atom is -0.227 e. The van der Waals surface area contributed by atoms with Crippen LogP contribution in [0.25, 0.3) is 0 Å². The molecule has 1 heterocycles. The van der Waals surface area contributed by atoms with Gasteiger partial charge in [0, 0.05) is 5.56 Å². The van der Waals surface area contributed by atoms with Crippen molar-refractivity contribution in [3.63, 3.8) is 0 Å². The summed E-state index contributed by atoms with van der Waals surface area (Å²) < 4.78 is 59.0. The molecule has 7 heteroatoms. The number of rotatable bonds is 1. The Balaban J connectivity index is 2.66. The molecule has 0 N–H and O–H groups in total. The lowest BCUT2D eigenvalue weighted by molar-refractivity contribution is 0.559. The Labute approximate surface area is 99.3 Å². The zero-order chi connectivity index (χ0) is 12.7. The second kappa shape index (κ2) is 4.06. The lowest BCUT2D eigenvalue weighted by Gasteiger charge is -2.23. The predicted molar refractivity (Wildman–Crippen MR) is 61.3 cm³/mol. The molecule has 94 valence electrons.